The van der Waals surface area contributed by atoms with Crippen molar-refractivity contribution in [3.05, 3.63) is 57.8 Å². The molecule has 9 heteroatoms. The van der Waals surface area contributed by atoms with Crippen LogP contribution in [-0.4, -0.2) is 40.6 Å². The molecule has 3 rings (SSSR count). The number of hydroxylamine groups is 2. The molecule has 1 N–H and O–H groups in total. The van der Waals surface area contributed by atoms with E-state index < -0.39 is 35.5 Å². The van der Waals surface area contributed by atoms with Gasteiger partial charge >= 0.3 is 12.1 Å². The lowest BCUT2D eigenvalue weighted by atomic mass is 10.1. The second-order valence-electron chi connectivity index (χ2n) is 7.34. The average molecular weight is 416 g/mol. The molecule has 0 bridgehead atoms. The molecule has 152 valence electrons. The average Bonchev–Trinajstić information content (AvgIpc) is 3.23. The molecule has 0 saturated heterocycles. The summed E-state index contributed by atoms with van der Waals surface area (Å²) in [5.41, 5.74) is -0.454. The molecule has 1 atom stereocenters. The van der Waals surface area contributed by atoms with Gasteiger partial charge in [0, 0.05) is 11.3 Å². The summed E-state index contributed by atoms with van der Waals surface area (Å²) in [6, 6.07) is 8.63. The number of nitrogens with one attached hydrogen (secondary N) is 1. The first-order valence-electron chi connectivity index (χ1n) is 8.87. The predicted octanol–water partition coefficient (Wildman–Crippen LogP) is 2.94. The molecule has 8 nitrogen and oxygen atoms in total. The summed E-state index contributed by atoms with van der Waals surface area (Å²) in [5.74, 6) is -2.41. The number of hydrogen-bond donors (Lipinski definition) is 1. The largest absolute Gasteiger partial charge is 0.444 e. The van der Waals surface area contributed by atoms with Gasteiger partial charge in [-0.1, -0.05) is 23.3 Å². The highest BCUT2D eigenvalue weighted by Gasteiger charge is 2.40. The molecule has 0 radical (unpaired) electrons. The third kappa shape index (κ3) is 4.80. The van der Waals surface area contributed by atoms with Gasteiger partial charge in [0.15, 0.2) is 0 Å². The van der Waals surface area contributed by atoms with E-state index in [-0.39, 0.29) is 17.5 Å². The Morgan fingerprint density at radius 2 is 1.69 bits per heavy atom. The Hall–Kier alpha value is -3.20. The fourth-order valence-corrected chi connectivity index (χ4v) is 3.43. The fourth-order valence-electron chi connectivity index (χ4n) is 2.68. The molecular formula is C20H20N2O6S. The number of carbonyl (C=O) groups excluding carboxylic acids is 4. The summed E-state index contributed by atoms with van der Waals surface area (Å²) in [4.78, 5) is 55.6. The summed E-state index contributed by atoms with van der Waals surface area (Å²) >= 11 is 1.40. The van der Waals surface area contributed by atoms with Crippen LogP contribution in [0.5, 0.6) is 0 Å². The van der Waals surface area contributed by atoms with Crippen molar-refractivity contribution >= 4 is 35.2 Å². The minimum absolute atomic E-state index is 0.124. The van der Waals surface area contributed by atoms with E-state index in [9.17, 15) is 19.2 Å². The van der Waals surface area contributed by atoms with Gasteiger partial charge in [-0.3, -0.25) is 9.59 Å². The lowest BCUT2D eigenvalue weighted by Crippen LogP contribution is -2.48. The van der Waals surface area contributed by atoms with Crippen LogP contribution in [0.25, 0.3) is 0 Å². The summed E-state index contributed by atoms with van der Waals surface area (Å²) in [7, 11) is 0. The van der Waals surface area contributed by atoms with Crippen molar-refractivity contribution in [1.29, 1.82) is 0 Å². The lowest BCUT2D eigenvalue weighted by molar-refractivity contribution is -0.171. The molecule has 1 aliphatic heterocycles. The number of nitrogens with zero attached hydrogens (tertiary/aromatic N) is 1. The summed E-state index contributed by atoms with van der Waals surface area (Å²) in [6.07, 6.45) is -0.683. The lowest BCUT2D eigenvalue weighted by Gasteiger charge is -2.23. The monoisotopic (exact) mass is 416 g/mol. The number of thiophene rings is 1. The predicted molar refractivity (Wildman–Crippen MR) is 104 cm³/mol. The second kappa shape index (κ2) is 8.04. The van der Waals surface area contributed by atoms with Crippen molar-refractivity contribution in [3.63, 3.8) is 0 Å². The van der Waals surface area contributed by atoms with Gasteiger partial charge in [-0.2, -0.15) is 0 Å². The summed E-state index contributed by atoms with van der Waals surface area (Å²) < 4.78 is 5.20. The van der Waals surface area contributed by atoms with Crippen molar-refractivity contribution in [2.45, 2.75) is 38.8 Å². The van der Waals surface area contributed by atoms with Gasteiger partial charge in [-0.25, -0.2) is 9.59 Å². The number of amides is 3. The zero-order valence-electron chi connectivity index (χ0n) is 16.1. The minimum Gasteiger partial charge on any atom is -0.444 e. The molecule has 1 aromatic carbocycles. The molecule has 2 heterocycles. The van der Waals surface area contributed by atoms with Crippen LogP contribution in [0.1, 0.15) is 46.4 Å². The van der Waals surface area contributed by atoms with E-state index in [1.54, 1.807) is 45.0 Å². The first-order valence-corrected chi connectivity index (χ1v) is 9.75. The van der Waals surface area contributed by atoms with Crippen LogP contribution in [0, 0.1) is 0 Å². The van der Waals surface area contributed by atoms with Crippen molar-refractivity contribution in [2.24, 2.45) is 0 Å². The molecule has 0 fully saturated rings. The summed E-state index contributed by atoms with van der Waals surface area (Å²) in [5, 5.41) is 4.71. The Balaban J connectivity index is 1.75. The number of rotatable bonds is 5. The second-order valence-corrected chi connectivity index (χ2v) is 8.38. The topological polar surface area (TPSA) is 102 Å². The number of alkyl carbamates (subject to hydrolysis) is 1. The van der Waals surface area contributed by atoms with Gasteiger partial charge in [-0.05, 0) is 44.4 Å². The van der Waals surface area contributed by atoms with Crippen LogP contribution in [0.15, 0.2) is 41.8 Å². The maximum Gasteiger partial charge on any atom is 0.408 e. The van der Waals surface area contributed by atoms with Gasteiger partial charge in [-0.15, -0.1) is 11.3 Å². The number of carbonyl (C=O) groups is 4. The molecule has 0 saturated carbocycles. The van der Waals surface area contributed by atoms with Gasteiger partial charge in [0.05, 0.1) is 11.1 Å². The van der Waals surface area contributed by atoms with E-state index in [1.807, 2.05) is 5.38 Å². The van der Waals surface area contributed by atoms with E-state index in [0.29, 0.717) is 5.06 Å². The van der Waals surface area contributed by atoms with Crippen LogP contribution >= 0.6 is 11.3 Å². The Labute approximate surface area is 171 Å². The fraction of sp³-hybridized carbons (Fsp3) is 0.300. The van der Waals surface area contributed by atoms with Gasteiger partial charge in [0.2, 0.25) is 0 Å². The molecular weight excluding hydrogens is 396 g/mol. The van der Waals surface area contributed by atoms with Crippen LogP contribution in [0.3, 0.4) is 0 Å². The van der Waals surface area contributed by atoms with E-state index >= 15 is 0 Å². The normalized spacial score (nSPS) is 14.4. The molecule has 29 heavy (non-hydrogen) atoms. The standard InChI is InChI=1S/C20H20N2O6S/c1-20(2,3)27-19(26)21-15(11-12-7-6-10-29-12)18(25)28-22-16(23)13-8-4-5-9-14(13)17(22)24/h4-10,15H,11H2,1-3H3,(H,21,26). The zero-order valence-corrected chi connectivity index (χ0v) is 16.9. The van der Waals surface area contributed by atoms with Gasteiger partial charge in [0.1, 0.15) is 11.6 Å². The third-order valence-corrected chi connectivity index (χ3v) is 4.80. The maximum atomic E-state index is 12.7. The van der Waals surface area contributed by atoms with E-state index in [2.05, 4.69) is 5.32 Å². The van der Waals surface area contributed by atoms with Crippen LogP contribution in [-0.2, 0) is 20.8 Å². The molecule has 0 aliphatic carbocycles. The van der Waals surface area contributed by atoms with E-state index in [0.717, 1.165) is 4.88 Å². The van der Waals surface area contributed by atoms with Crippen molar-refractivity contribution in [2.75, 3.05) is 0 Å². The molecule has 1 unspecified atom stereocenters. The quantitative estimate of drug-likeness (QED) is 0.752. The third-order valence-electron chi connectivity index (χ3n) is 3.90. The van der Waals surface area contributed by atoms with E-state index in [4.69, 9.17) is 9.57 Å². The van der Waals surface area contributed by atoms with E-state index in [1.165, 1.54) is 23.5 Å². The highest BCUT2D eigenvalue weighted by Crippen LogP contribution is 2.23. The molecule has 0 spiro atoms. The van der Waals surface area contributed by atoms with Crippen molar-refractivity contribution < 1.29 is 28.8 Å². The summed E-state index contributed by atoms with van der Waals surface area (Å²) in [6.45, 7) is 5.08. The van der Waals surface area contributed by atoms with Gasteiger partial charge in [0.25, 0.3) is 11.8 Å². The number of hydrogen-bond acceptors (Lipinski definition) is 7. The van der Waals surface area contributed by atoms with Crippen LogP contribution < -0.4 is 5.32 Å². The molecule has 1 aliphatic rings. The molecule has 2 aromatic rings. The highest BCUT2D eigenvalue weighted by molar-refractivity contribution is 7.09. The SMILES string of the molecule is CC(C)(C)OC(=O)NC(Cc1cccs1)C(=O)ON1C(=O)c2ccccc2C1=O. The first-order chi connectivity index (χ1) is 13.7. The van der Waals surface area contributed by atoms with Crippen LogP contribution in [0.4, 0.5) is 4.79 Å². The Morgan fingerprint density at radius 1 is 1.07 bits per heavy atom. The number of ether oxygens (including phenoxy) is 1. The van der Waals surface area contributed by atoms with Crippen molar-refractivity contribution in [3.8, 4) is 0 Å². The van der Waals surface area contributed by atoms with Crippen molar-refractivity contribution in [1.82, 2.24) is 10.4 Å². The molecule has 3 amide bonds. The Kier molecular flexibility index (Phi) is 5.69. The Bertz CT molecular complexity index is 913. The van der Waals surface area contributed by atoms with Gasteiger partial charge < -0.3 is 14.9 Å². The molecule has 1 aromatic heterocycles. The number of fused-ring (bicyclic) bond motifs is 1. The van der Waals surface area contributed by atoms with Crippen LogP contribution in [0.2, 0.25) is 0 Å². The smallest absolute Gasteiger partial charge is 0.408 e. The zero-order chi connectivity index (χ0) is 21.2. The Morgan fingerprint density at radius 3 is 2.21 bits per heavy atom. The highest BCUT2D eigenvalue weighted by atomic mass is 32.1. The maximum absolute atomic E-state index is 12.7. The number of benzene rings is 1. The number of imide groups is 1. The first kappa shape index (κ1) is 20.5. The minimum atomic E-state index is -1.15.